The molecule has 0 aliphatic carbocycles. The van der Waals surface area contributed by atoms with Gasteiger partial charge in [0.2, 0.25) is 0 Å². The standard InChI is InChI=1S/C26H27N3O3/c1-19-8-10-21(11-9-19)22-6-3-5-20(15-22)16-26(25(31)27-2)18-29(13-14-32-26)24(30)23-7-4-12-28-17-23/h3-12,15,17H,13-14,16,18H2,1-2H3,(H,27,31). The molecule has 6 heteroatoms. The second-order valence-corrected chi connectivity index (χ2v) is 8.13. The lowest BCUT2D eigenvalue weighted by molar-refractivity contribution is -0.156. The Bertz CT molecular complexity index is 1100. The minimum Gasteiger partial charge on any atom is -0.361 e. The van der Waals surface area contributed by atoms with Crippen molar-refractivity contribution in [2.45, 2.75) is 18.9 Å². The molecule has 4 rings (SSSR count). The van der Waals surface area contributed by atoms with Crippen LogP contribution in [0, 0.1) is 6.92 Å². The topological polar surface area (TPSA) is 71.5 Å². The van der Waals surface area contributed by atoms with Gasteiger partial charge >= 0.3 is 0 Å². The van der Waals surface area contributed by atoms with Crippen LogP contribution in [0.15, 0.2) is 73.1 Å². The number of amides is 2. The van der Waals surface area contributed by atoms with Crippen LogP contribution in [0.2, 0.25) is 0 Å². The molecular formula is C26H27N3O3. The number of ether oxygens (including phenoxy) is 1. The summed E-state index contributed by atoms with van der Waals surface area (Å²) in [5.74, 6) is -0.384. The van der Waals surface area contributed by atoms with Gasteiger partial charge in [0.25, 0.3) is 11.8 Å². The summed E-state index contributed by atoms with van der Waals surface area (Å²) in [5, 5.41) is 2.73. The SMILES string of the molecule is CNC(=O)C1(Cc2cccc(-c3ccc(C)cc3)c2)CN(C(=O)c2cccnc2)CCO1. The summed E-state index contributed by atoms with van der Waals surface area (Å²) in [4.78, 5) is 31.7. The Hall–Kier alpha value is -3.51. The van der Waals surface area contributed by atoms with Gasteiger partial charge in [-0.1, -0.05) is 54.1 Å². The van der Waals surface area contributed by atoms with Crippen molar-refractivity contribution in [3.63, 3.8) is 0 Å². The summed E-state index contributed by atoms with van der Waals surface area (Å²) in [5.41, 5.74) is 3.72. The van der Waals surface area contributed by atoms with Crippen molar-refractivity contribution in [1.29, 1.82) is 0 Å². The van der Waals surface area contributed by atoms with E-state index in [2.05, 4.69) is 53.6 Å². The van der Waals surface area contributed by atoms with Gasteiger partial charge in [0.1, 0.15) is 0 Å². The maximum atomic E-state index is 13.0. The smallest absolute Gasteiger partial charge is 0.255 e. The van der Waals surface area contributed by atoms with E-state index in [9.17, 15) is 9.59 Å². The molecule has 1 aliphatic heterocycles. The third-order valence-electron chi connectivity index (χ3n) is 5.82. The Morgan fingerprint density at radius 1 is 1.09 bits per heavy atom. The van der Waals surface area contributed by atoms with Gasteiger partial charge in [-0.2, -0.15) is 0 Å². The maximum absolute atomic E-state index is 13.0. The predicted molar refractivity (Wildman–Crippen MR) is 123 cm³/mol. The zero-order valence-corrected chi connectivity index (χ0v) is 18.4. The van der Waals surface area contributed by atoms with E-state index in [1.54, 1.807) is 36.5 Å². The summed E-state index contributed by atoms with van der Waals surface area (Å²) in [6.45, 7) is 2.95. The number of carbonyl (C=O) groups is 2. The zero-order chi connectivity index (χ0) is 22.6. The molecule has 2 aromatic carbocycles. The lowest BCUT2D eigenvalue weighted by atomic mass is 9.89. The van der Waals surface area contributed by atoms with Gasteiger partial charge in [0.05, 0.1) is 18.7 Å². The average molecular weight is 430 g/mol. The van der Waals surface area contributed by atoms with Crippen molar-refractivity contribution in [1.82, 2.24) is 15.2 Å². The number of nitrogens with one attached hydrogen (secondary N) is 1. The first-order chi connectivity index (χ1) is 15.5. The highest BCUT2D eigenvalue weighted by molar-refractivity contribution is 5.95. The van der Waals surface area contributed by atoms with E-state index in [0.717, 1.165) is 16.7 Å². The van der Waals surface area contributed by atoms with Crippen molar-refractivity contribution >= 4 is 11.8 Å². The quantitative estimate of drug-likeness (QED) is 0.676. The predicted octanol–water partition coefficient (Wildman–Crippen LogP) is 3.26. The zero-order valence-electron chi connectivity index (χ0n) is 18.4. The Kier molecular flexibility index (Phi) is 6.32. The minimum absolute atomic E-state index is 0.150. The molecule has 0 bridgehead atoms. The van der Waals surface area contributed by atoms with Crippen LogP contribution in [0.3, 0.4) is 0 Å². The third kappa shape index (κ3) is 4.55. The first-order valence-corrected chi connectivity index (χ1v) is 10.7. The summed E-state index contributed by atoms with van der Waals surface area (Å²) < 4.78 is 6.08. The number of nitrogens with zero attached hydrogens (tertiary/aromatic N) is 2. The third-order valence-corrected chi connectivity index (χ3v) is 5.82. The molecule has 1 unspecified atom stereocenters. The molecule has 1 aliphatic rings. The van der Waals surface area contributed by atoms with E-state index in [4.69, 9.17) is 4.74 Å². The first-order valence-electron chi connectivity index (χ1n) is 10.7. The molecule has 0 spiro atoms. The molecule has 1 atom stereocenters. The molecule has 6 nitrogen and oxygen atoms in total. The number of carbonyl (C=O) groups excluding carboxylic acids is 2. The summed E-state index contributed by atoms with van der Waals surface area (Å²) >= 11 is 0. The molecule has 32 heavy (non-hydrogen) atoms. The molecule has 164 valence electrons. The summed E-state index contributed by atoms with van der Waals surface area (Å²) in [7, 11) is 1.60. The monoisotopic (exact) mass is 429 g/mol. The van der Waals surface area contributed by atoms with Crippen molar-refractivity contribution < 1.29 is 14.3 Å². The highest BCUT2D eigenvalue weighted by atomic mass is 16.5. The van der Waals surface area contributed by atoms with Crippen LogP contribution >= 0.6 is 0 Å². The first kappa shape index (κ1) is 21.7. The number of aromatic nitrogens is 1. The van der Waals surface area contributed by atoms with Crippen molar-refractivity contribution in [2.24, 2.45) is 0 Å². The fraction of sp³-hybridized carbons (Fsp3) is 0.269. The van der Waals surface area contributed by atoms with E-state index >= 15 is 0 Å². The van der Waals surface area contributed by atoms with Crippen LogP contribution in [0.1, 0.15) is 21.5 Å². The van der Waals surface area contributed by atoms with E-state index in [1.807, 2.05) is 12.1 Å². The van der Waals surface area contributed by atoms with Crippen LogP contribution in [0.5, 0.6) is 0 Å². The van der Waals surface area contributed by atoms with Crippen LogP contribution in [-0.4, -0.2) is 54.0 Å². The van der Waals surface area contributed by atoms with Crippen molar-refractivity contribution in [3.8, 4) is 11.1 Å². The van der Waals surface area contributed by atoms with E-state index in [0.29, 0.717) is 18.5 Å². The van der Waals surface area contributed by atoms with Crippen LogP contribution in [-0.2, 0) is 16.0 Å². The van der Waals surface area contributed by atoms with Crippen molar-refractivity contribution in [3.05, 3.63) is 89.7 Å². The minimum atomic E-state index is -1.16. The van der Waals surface area contributed by atoms with E-state index in [1.165, 1.54) is 5.56 Å². The second kappa shape index (κ2) is 9.32. The second-order valence-electron chi connectivity index (χ2n) is 8.13. The number of rotatable bonds is 5. The molecule has 0 radical (unpaired) electrons. The largest absolute Gasteiger partial charge is 0.361 e. The molecule has 1 aromatic heterocycles. The fourth-order valence-electron chi connectivity index (χ4n) is 4.12. The van der Waals surface area contributed by atoms with Crippen LogP contribution in [0.25, 0.3) is 11.1 Å². The average Bonchev–Trinajstić information content (AvgIpc) is 2.84. The van der Waals surface area contributed by atoms with Gasteiger partial charge in [-0.15, -0.1) is 0 Å². The molecule has 1 fully saturated rings. The molecule has 1 N–H and O–H groups in total. The van der Waals surface area contributed by atoms with Gasteiger partial charge in [0.15, 0.2) is 5.60 Å². The van der Waals surface area contributed by atoms with Crippen molar-refractivity contribution in [2.75, 3.05) is 26.7 Å². The van der Waals surface area contributed by atoms with Gasteiger partial charge in [0, 0.05) is 32.4 Å². The fourth-order valence-corrected chi connectivity index (χ4v) is 4.12. The van der Waals surface area contributed by atoms with Gasteiger partial charge in [-0.25, -0.2) is 0 Å². The lowest BCUT2D eigenvalue weighted by Crippen LogP contribution is -2.61. The van der Waals surface area contributed by atoms with Gasteiger partial charge in [-0.05, 0) is 35.7 Å². The Balaban J connectivity index is 1.61. The number of benzene rings is 2. The van der Waals surface area contributed by atoms with Crippen LogP contribution < -0.4 is 5.32 Å². The lowest BCUT2D eigenvalue weighted by Gasteiger charge is -2.41. The van der Waals surface area contributed by atoms with Gasteiger partial charge in [-0.3, -0.25) is 14.6 Å². The molecule has 2 heterocycles. The highest BCUT2D eigenvalue weighted by Gasteiger charge is 2.44. The molecule has 1 saturated heterocycles. The number of hydrogen-bond donors (Lipinski definition) is 1. The number of aryl methyl sites for hydroxylation is 1. The molecule has 3 aromatic rings. The number of likely N-dealkylation sites (N-methyl/N-ethyl adjacent to an activating group) is 1. The van der Waals surface area contributed by atoms with E-state index in [-0.39, 0.29) is 25.0 Å². The number of pyridine rings is 1. The summed E-state index contributed by atoms with van der Waals surface area (Å²) in [6, 6.07) is 19.9. The normalized spacial score (nSPS) is 18.2. The highest BCUT2D eigenvalue weighted by Crippen LogP contribution is 2.28. The molecule has 0 saturated carbocycles. The number of hydrogen-bond acceptors (Lipinski definition) is 4. The Morgan fingerprint density at radius 3 is 2.62 bits per heavy atom. The Morgan fingerprint density at radius 2 is 1.91 bits per heavy atom. The van der Waals surface area contributed by atoms with Gasteiger partial charge < -0.3 is 15.0 Å². The van der Waals surface area contributed by atoms with Crippen LogP contribution in [0.4, 0.5) is 0 Å². The maximum Gasteiger partial charge on any atom is 0.255 e. The van der Waals surface area contributed by atoms with E-state index < -0.39 is 5.60 Å². The summed E-state index contributed by atoms with van der Waals surface area (Å²) in [6.07, 6.45) is 3.54. The number of morpholine rings is 1. The Labute approximate surface area is 188 Å². The molecule has 2 amide bonds. The molecular weight excluding hydrogens is 402 g/mol.